The van der Waals surface area contributed by atoms with Crippen molar-refractivity contribution in [2.75, 3.05) is 37.8 Å². The lowest BCUT2D eigenvalue weighted by Gasteiger charge is -2.16. The number of sulfonamides is 1. The van der Waals surface area contributed by atoms with Crippen LogP contribution in [0.2, 0.25) is 0 Å². The van der Waals surface area contributed by atoms with Crippen LogP contribution in [-0.2, 0) is 14.8 Å². The third-order valence-corrected chi connectivity index (χ3v) is 5.58. The Bertz CT molecular complexity index is 660. The maximum absolute atomic E-state index is 12.3. The van der Waals surface area contributed by atoms with E-state index in [1.165, 1.54) is 26.2 Å². The predicted molar refractivity (Wildman–Crippen MR) is 102 cm³/mol. The van der Waals surface area contributed by atoms with Crippen molar-refractivity contribution in [1.29, 1.82) is 0 Å². The maximum atomic E-state index is 12.3. The van der Waals surface area contributed by atoms with Gasteiger partial charge in [0.2, 0.25) is 15.9 Å². The zero-order chi connectivity index (χ0) is 18.9. The molecule has 0 unspecified atom stereocenters. The summed E-state index contributed by atoms with van der Waals surface area (Å²) in [4.78, 5) is 12.3. The lowest BCUT2D eigenvalue weighted by molar-refractivity contribution is -0.116. The van der Waals surface area contributed by atoms with Crippen LogP contribution >= 0.6 is 0 Å². The third kappa shape index (κ3) is 6.64. The van der Waals surface area contributed by atoms with E-state index in [2.05, 4.69) is 10.6 Å². The molecular formula is C17H30N4O3S. The molecule has 0 heterocycles. The van der Waals surface area contributed by atoms with E-state index in [9.17, 15) is 13.2 Å². The summed E-state index contributed by atoms with van der Waals surface area (Å²) >= 11 is 0. The topological polar surface area (TPSA) is 105 Å². The molecule has 0 bridgehead atoms. The lowest BCUT2D eigenvalue weighted by Crippen LogP contribution is -2.22. The van der Waals surface area contributed by atoms with E-state index in [1.807, 2.05) is 6.92 Å². The number of hydrogen-bond donors (Lipinski definition) is 3. The second-order valence-corrected chi connectivity index (χ2v) is 8.18. The van der Waals surface area contributed by atoms with Gasteiger partial charge in [-0.2, -0.15) is 0 Å². The first-order chi connectivity index (χ1) is 11.8. The van der Waals surface area contributed by atoms with Crippen molar-refractivity contribution in [1.82, 2.24) is 4.31 Å². The van der Waals surface area contributed by atoms with Crippen molar-refractivity contribution in [3.05, 3.63) is 18.2 Å². The highest BCUT2D eigenvalue weighted by Crippen LogP contribution is 2.27. The number of benzene rings is 1. The van der Waals surface area contributed by atoms with Crippen molar-refractivity contribution in [3.8, 4) is 0 Å². The normalized spacial score (nSPS) is 11.6. The van der Waals surface area contributed by atoms with Gasteiger partial charge in [0.1, 0.15) is 0 Å². The Kier molecular flexibility index (Phi) is 8.88. The fraction of sp³-hybridized carbons (Fsp3) is 0.588. The Morgan fingerprint density at radius 2 is 1.80 bits per heavy atom. The van der Waals surface area contributed by atoms with Gasteiger partial charge in [0.25, 0.3) is 0 Å². The quantitative estimate of drug-likeness (QED) is 0.518. The highest BCUT2D eigenvalue weighted by atomic mass is 32.2. The maximum Gasteiger partial charge on any atom is 0.242 e. The van der Waals surface area contributed by atoms with Gasteiger partial charge in [-0.3, -0.25) is 4.79 Å². The van der Waals surface area contributed by atoms with Crippen LogP contribution < -0.4 is 16.4 Å². The summed E-state index contributed by atoms with van der Waals surface area (Å²) in [6.45, 7) is 3.28. The Balaban J connectivity index is 2.86. The summed E-state index contributed by atoms with van der Waals surface area (Å²) in [6.07, 6.45) is 4.14. The van der Waals surface area contributed by atoms with Gasteiger partial charge >= 0.3 is 0 Å². The number of nitrogens with two attached hydrogens (primary N) is 1. The van der Waals surface area contributed by atoms with E-state index in [0.29, 0.717) is 30.9 Å². The van der Waals surface area contributed by atoms with Crippen LogP contribution in [0.4, 0.5) is 11.4 Å². The number of amides is 1. The van der Waals surface area contributed by atoms with E-state index in [1.54, 1.807) is 6.07 Å². The number of nitrogens with zero attached hydrogens (tertiary/aromatic N) is 1. The van der Waals surface area contributed by atoms with Crippen molar-refractivity contribution in [2.45, 2.75) is 43.9 Å². The summed E-state index contributed by atoms with van der Waals surface area (Å²) in [5.41, 5.74) is 6.64. The largest absolute Gasteiger partial charge is 0.384 e. The van der Waals surface area contributed by atoms with Crippen LogP contribution in [0, 0.1) is 0 Å². The first-order valence-electron chi connectivity index (χ1n) is 8.63. The number of carbonyl (C=O) groups excluding carboxylic acids is 1. The minimum Gasteiger partial charge on any atom is -0.384 e. The van der Waals surface area contributed by atoms with E-state index in [-0.39, 0.29) is 10.8 Å². The molecule has 0 spiro atoms. The smallest absolute Gasteiger partial charge is 0.242 e. The lowest BCUT2D eigenvalue weighted by atomic mass is 10.1. The first kappa shape index (κ1) is 21.4. The second kappa shape index (κ2) is 10.4. The Morgan fingerprint density at radius 1 is 1.12 bits per heavy atom. The molecule has 1 aromatic carbocycles. The van der Waals surface area contributed by atoms with Gasteiger partial charge in [0, 0.05) is 27.1 Å². The first-order valence-corrected chi connectivity index (χ1v) is 10.1. The van der Waals surface area contributed by atoms with E-state index in [4.69, 9.17) is 5.73 Å². The highest BCUT2D eigenvalue weighted by molar-refractivity contribution is 7.89. The zero-order valence-electron chi connectivity index (χ0n) is 15.3. The summed E-state index contributed by atoms with van der Waals surface area (Å²) in [6, 6.07) is 4.71. The molecule has 1 amide bonds. The molecule has 0 fully saturated rings. The number of nitrogens with one attached hydrogen (secondary N) is 2. The van der Waals surface area contributed by atoms with Crippen molar-refractivity contribution in [3.63, 3.8) is 0 Å². The summed E-state index contributed by atoms with van der Waals surface area (Å²) in [7, 11) is -0.593. The molecule has 4 N–H and O–H groups in total. The Labute approximate surface area is 151 Å². The van der Waals surface area contributed by atoms with Gasteiger partial charge in [-0.15, -0.1) is 0 Å². The minimum absolute atomic E-state index is 0.119. The van der Waals surface area contributed by atoms with E-state index >= 15 is 0 Å². The molecule has 142 valence electrons. The van der Waals surface area contributed by atoms with Gasteiger partial charge < -0.3 is 16.4 Å². The van der Waals surface area contributed by atoms with Crippen LogP contribution in [-0.4, -0.2) is 45.8 Å². The highest BCUT2D eigenvalue weighted by Gasteiger charge is 2.19. The molecule has 0 aliphatic rings. The average Bonchev–Trinajstić information content (AvgIpc) is 2.56. The number of hydrogen-bond acceptors (Lipinski definition) is 5. The fourth-order valence-corrected chi connectivity index (χ4v) is 3.27. The Morgan fingerprint density at radius 3 is 2.40 bits per heavy atom. The van der Waals surface area contributed by atoms with Crippen molar-refractivity contribution >= 4 is 27.3 Å². The van der Waals surface area contributed by atoms with Crippen molar-refractivity contribution in [2.24, 2.45) is 5.73 Å². The second-order valence-electron chi connectivity index (χ2n) is 6.03. The van der Waals surface area contributed by atoms with Crippen LogP contribution in [0.25, 0.3) is 0 Å². The molecule has 25 heavy (non-hydrogen) atoms. The molecule has 1 aromatic rings. The SMILES string of the molecule is CCNc1ccc(S(=O)(=O)N(C)C)cc1NC(=O)CCCCCCN. The van der Waals surface area contributed by atoms with Gasteiger partial charge in [0.15, 0.2) is 0 Å². The van der Waals surface area contributed by atoms with Gasteiger partial charge in [0.05, 0.1) is 16.3 Å². The minimum atomic E-state index is -3.55. The molecule has 0 atom stereocenters. The predicted octanol–water partition coefficient (Wildman–Crippen LogP) is 2.22. The molecular weight excluding hydrogens is 340 g/mol. The summed E-state index contributed by atoms with van der Waals surface area (Å²) in [5, 5.41) is 5.96. The number of anilines is 2. The zero-order valence-corrected chi connectivity index (χ0v) is 16.2. The van der Waals surface area contributed by atoms with Gasteiger partial charge in [-0.05, 0) is 44.5 Å². The Hall–Kier alpha value is -1.64. The number of carbonyl (C=O) groups is 1. The number of rotatable bonds is 11. The van der Waals surface area contributed by atoms with Gasteiger partial charge in [-0.1, -0.05) is 12.8 Å². The molecule has 0 saturated heterocycles. The van der Waals surface area contributed by atoms with Crippen LogP contribution in [0.5, 0.6) is 0 Å². The third-order valence-electron chi connectivity index (χ3n) is 3.77. The molecule has 8 heteroatoms. The molecule has 0 saturated carbocycles. The van der Waals surface area contributed by atoms with Crippen LogP contribution in [0.1, 0.15) is 39.0 Å². The molecule has 0 aliphatic heterocycles. The molecule has 1 rings (SSSR count). The molecule has 0 aliphatic carbocycles. The van der Waals surface area contributed by atoms with E-state index < -0.39 is 10.0 Å². The number of unbranched alkanes of at least 4 members (excludes halogenated alkanes) is 3. The standard InChI is InChI=1S/C17H30N4O3S/c1-4-19-15-11-10-14(25(23,24)21(2)3)13-16(15)20-17(22)9-7-5-6-8-12-18/h10-11,13,19H,4-9,12,18H2,1-3H3,(H,20,22). The fourth-order valence-electron chi connectivity index (χ4n) is 2.34. The van der Waals surface area contributed by atoms with Crippen LogP contribution in [0.15, 0.2) is 23.1 Å². The van der Waals surface area contributed by atoms with Crippen molar-refractivity contribution < 1.29 is 13.2 Å². The molecule has 0 aromatic heterocycles. The van der Waals surface area contributed by atoms with E-state index in [0.717, 1.165) is 30.0 Å². The summed E-state index contributed by atoms with van der Waals surface area (Å²) in [5.74, 6) is -0.119. The molecule has 0 radical (unpaired) electrons. The van der Waals surface area contributed by atoms with Gasteiger partial charge in [-0.25, -0.2) is 12.7 Å². The average molecular weight is 371 g/mol. The summed E-state index contributed by atoms with van der Waals surface area (Å²) < 4.78 is 25.7. The van der Waals surface area contributed by atoms with Crippen LogP contribution in [0.3, 0.4) is 0 Å². The molecule has 7 nitrogen and oxygen atoms in total. The monoisotopic (exact) mass is 370 g/mol.